The molecule has 1 amide bonds. The zero-order chi connectivity index (χ0) is 23.2. The van der Waals surface area contributed by atoms with Crippen LogP contribution in [-0.2, 0) is 11.3 Å². The molecule has 1 fully saturated rings. The van der Waals surface area contributed by atoms with E-state index in [-0.39, 0.29) is 5.91 Å². The number of anilines is 1. The average Bonchev–Trinajstić information content (AvgIpc) is 2.79. The summed E-state index contributed by atoms with van der Waals surface area (Å²) < 4.78 is 0. The summed E-state index contributed by atoms with van der Waals surface area (Å²) in [7, 11) is 0. The molecule has 33 heavy (non-hydrogen) atoms. The van der Waals surface area contributed by atoms with E-state index < -0.39 is 0 Å². The fourth-order valence-electron chi connectivity index (χ4n) is 4.66. The van der Waals surface area contributed by atoms with Crippen molar-refractivity contribution in [1.82, 2.24) is 4.90 Å². The molecular formula is C29H31ClN2O. The molecule has 3 aromatic carbocycles. The van der Waals surface area contributed by atoms with Gasteiger partial charge in [-0.15, -0.1) is 0 Å². The fraction of sp³-hybridized carbons (Fsp3) is 0.276. The number of halogens is 1. The van der Waals surface area contributed by atoms with Gasteiger partial charge in [0.15, 0.2) is 0 Å². The van der Waals surface area contributed by atoms with Gasteiger partial charge in [0.1, 0.15) is 0 Å². The first-order valence-corrected chi connectivity index (χ1v) is 12.0. The van der Waals surface area contributed by atoms with Gasteiger partial charge in [0.25, 0.3) is 0 Å². The van der Waals surface area contributed by atoms with Gasteiger partial charge < -0.3 is 5.32 Å². The summed E-state index contributed by atoms with van der Waals surface area (Å²) in [6.45, 7) is 8.02. The number of nitrogens with one attached hydrogen (secondary N) is 1. The van der Waals surface area contributed by atoms with Gasteiger partial charge >= 0.3 is 0 Å². The minimum Gasteiger partial charge on any atom is -0.323 e. The summed E-state index contributed by atoms with van der Waals surface area (Å²) in [6, 6.07) is 24.0. The van der Waals surface area contributed by atoms with E-state index in [1.807, 2.05) is 54.6 Å². The second-order valence-corrected chi connectivity index (χ2v) is 9.72. The molecule has 0 unspecified atom stereocenters. The minimum absolute atomic E-state index is 0.144. The van der Waals surface area contributed by atoms with Crippen LogP contribution in [0.4, 0.5) is 5.69 Å². The largest absolute Gasteiger partial charge is 0.323 e. The van der Waals surface area contributed by atoms with Crippen LogP contribution >= 0.6 is 11.6 Å². The van der Waals surface area contributed by atoms with Crippen molar-refractivity contribution in [3.8, 4) is 11.1 Å². The Balaban J connectivity index is 1.29. The van der Waals surface area contributed by atoms with Crippen molar-refractivity contribution in [1.29, 1.82) is 0 Å². The number of likely N-dealkylation sites (tertiary alicyclic amines) is 1. The zero-order valence-electron chi connectivity index (χ0n) is 19.3. The molecular weight excluding hydrogens is 428 g/mol. The Kier molecular flexibility index (Phi) is 7.64. The molecule has 1 saturated heterocycles. The van der Waals surface area contributed by atoms with Gasteiger partial charge in [-0.1, -0.05) is 74.0 Å². The summed E-state index contributed by atoms with van der Waals surface area (Å²) in [4.78, 5) is 14.9. The summed E-state index contributed by atoms with van der Waals surface area (Å²) in [5.74, 6) is 1.39. The van der Waals surface area contributed by atoms with Crippen LogP contribution in [0.15, 0.2) is 78.9 Å². The Morgan fingerprint density at radius 3 is 2.09 bits per heavy atom. The molecule has 170 valence electrons. The van der Waals surface area contributed by atoms with Crippen LogP contribution in [0.1, 0.15) is 31.4 Å². The Hall–Kier alpha value is -2.88. The Bertz CT molecular complexity index is 1080. The van der Waals surface area contributed by atoms with Gasteiger partial charge in [0.05, 0.1) is 0 Å². The molecule has 3 aromatic rings. The molecule has 0 spiro atoms. The average molecular weight is 459 g/mol. The van der Waals surface area contributed by atoms with Crippen molar-refractivity contribution >= 4 is 29.3 Å². The topological polar surface area (TPSA) is 32.3 Å². The second-order valence-electron chi connectivity index (χ2n) is 9.29. The number of carbonyl (C=O) groups is 1. The molecule has 2 atom stereocenters. The zero-order valence-corrected chi connectivity index (χ0v) is 20.1. The van der Waals surface area contributed by atoms with E-state index in [2.05, 4.69) is 48.3 Å². The molecule has 0 aliphatic carbocycles. The molecule has 3 nitrogen and oxygen atoms in total. The van der Waals surface area contributed by atoms with Crippen LogP contribution in [-0.4, -0.2) is 23.9 Å². The highest BCUT2D eigenvalue weighted by atomic mass is 35.5. The monoisotopic (exact) mass is 458 g/mol. The van der Waals surface area contributed by atoms with Crippen LogP contribution in [0.5, 0.6) is 0 Å². The number of carbonyl (C=O) groups excluding carboxylic acids is 1. The van der Waals surface area contributed by atoms with E-state index in [1.165, 1.54) is 25.1 Å². The van der Waals surface area contributed by atoms with E-state index in [9.17, 15) is 4.79 Å². The van der Waals surface area contributed by atoms with E-state index in [0.717, 1.165) is 45.8 Å². The highest BCUT2D eigenvalue weighted by Crippen LogP contribution is 2.24. The third-order valence-corrected chi connectivity index (χ3v) is 6.34. The number of hydrogen-bond acceptors (Lipinski definition) is 2. The molecule has 4 heteroatoms. The maximum atomic E-state index is 12.4. The van der Waals surface area contributed by atoms with E-state index in [0.29, 0.717) is 0 Å². The maximum Gasteiger partial charge on any atom is 0.248 e. The number of benzene rings is 3. The van der Waals surface area contributed by atoms with Crippen LogP contribution in [0.3, 0.4) is 0 Å². The molecule has 1 heterocycles. The van der Waals surface area contributed by atoms with Gasteiger partial charge in [0, 0.05) is 36.4 Å². The van der Waals surface area contributed by atoms with Gasteiger partial charge in [-0.25, -0.2) is 0 Å². The van der Waals surface area contributed by atoms with Crippen molar-refractivity contribution in [2.45, 2.75) is 26.8 Å². The van der Waals surface area contributed by atoms with Crippen LogP contribution in [0.2, 0.25) is 5.02 Å². The van der Waals surface area contributed by atoms with Crippen molar-refractivity contribution in [3.63, 3.8) is 0 Å². The van der Waals surface area contributed by atoms with E-state index >= 15 is 0 Å². The smallest absolute Gasteiger partial charge is 0.248 e. The van der Waals surface area contributed by atoms with Gasteiger partial charge in [-0.2, -0.15) is 0 Å². The lowest BCUT2D eigenvalue weighted by atomic mass is 9.91. The summed E-state index contributed by atoms with van der Waals surface area (Å²) in [6.07, 6.45) is 4.76. The predicted molar refractivity (Wildman–Crippen MR) is 139 cm³/mol. The third kappa shape index (κ3) is 6.80. The fourth-order valence-corrected chi connectivity index (χ4v) is 4.78. The molecule has 4 rings (SSSR count). The Labute approximate surface area is 202 Å². The van der Waals surface area contributed by atoms with Crippen molar-refractivity contribution in [3.05, 3.63) is 95.0 Å². The van der Waals surface area contributed by atoms with Crippen molar-refractivity contribution in [2.24, 2.45) is 11.8 Å². The lowest BCUT2D eigenvalue weighted by Crippen LogP contribution is -2.38. The molecule has 0 aromatic heterocycles. The number of hydrogen-bond donors (Lipinski definition) is 1. The first kappa shape index (κ1) is 23.3. The highest BCUT2D eigenvalue weighted by Gasteiger charge is 2.21. The number of piperidine rings is 1. The SMILES string of the molecule is C[C@@H]1C[C@H](C)CN(Cc2ccc(/C=C/C(=O)Nc3ccc(-c4ccc(Cl)cc4)cc3)cc2)C1. The van der Waals surface area contributed by atoms with E-state index in [4.69, 9.17) is 11.6 Å². The predicted octanol–water partition coefficient (Wildman–Crippen LogP) is 7.14. The van der Waals surface area contributed by atoms with Crippen molar-refractivity contribution in [2.75, 3.05) is 18.4 Å². The summed E-state index contributed by atoms with van der Waals surface area (Å²) in [5, 5.41) is 3.64. The van der Waals surface area contributed by atoms with Crippen LogP contribution in [0, 0.1) is 11.8 Å². The molecule has 1 aliphatic heterocycles. The first-order chi connectivity index (χ1) is 15.9. The maximum absolute atomic E-state index is 12.4. The normalized spacial score (nSPS) is 19.0. The lowest BCUT2D eigenvalue weighted by Gasteiger charge is -2.35. The molecule has 1 N–H and O–H groups in total. The number of nitrogens with zero attached hydrogens (tertiary/aromatic N) is 1. The minimum atomic E-state index is -0.144. The highest BCUT2D eigenvalue weighted by molar-refractivity contribution is 6.30. The summed E-state index contributed by atoms with van der Waals surface area (Å²) in [5.41, 5.74) is 5.27. The van der Waals surface area contributed by atoms with Crippen LogP contribution in [0.25, 0.3) is 17.2 Å². The standard InChI is InChI=1S/C29H31ClN2O/c1-21-17-22(2)19-32(18-21)20-24-5-3-23(4-6-24)7-16-29(33)31-28-14-10-26(11-15-28)25-8-12-27(30)13-9-25/h3-16,21-22H,17-20H2,1-2H3,(H,31,33)/b16-7+/t21-,22+. The van der Waals surface area contributed by atoms with Crippen molar-refractivity contribution < 1.29 is 4.79 Å². The number of rotatable bonds is 6. The Morgan fingerprint density at radius 2 is 1.48 bits per heavy atom. The molecule has 0 radical (unpaired) electrons. The van der Waals surface area contributed by atoms with E-state index in [1.54, 1.807) is 6.08 Å². The van der Waals surface area contributed by atoms with Crippen LogP contribution < -0.4 is 5.32 Å². The summed E-state index contributed by atoms with van der Waals surface area (Å²) >= 11 is 5.96. The third-order valence-electron chi connectivity index (χ3n) is 6.09. The number of amides is 1. The van der Waals surface area contributed by atoms with Gasteiger partial charge in [0.2, 0.25) is 5.91 Å². The molecule has 0 bridgehead atoms. The molecule has 0 saturated carbocycles. The second kappa shape index (κ2) is 10.8. The molecule has 1 aliphatic rings. The van der Waals surface area contributed by atoms with Gasteiger partial charge in [-0.05, 0) is 70.9 Å². The van der Waals surface area contributed by atoms with Gasteiger partial charge in [-0.3, -0.25) is 9.69 Å². The quantitative estimate of drug-likeness (QED) is 0.398. The lowest BCUT2D eigenvalue weighted by molar-refractivity contribution is -0.111. The Morgan fingerprint density at radius 1 is 0.909 bits per heavy atom. The first-order valence-electron chi connectivity index (χ1n) is 11.6.